The number of aromatic amines is 1. The van der Waals surface area contributed by atoms with Crippen LogP contribution in [0.15, 0.2) is 28.7 Å². The van der Waals surface area contributed by atoms with E-state index >= 15 is 0 Å². The van der Waals surface area contributed by atoms with Gasteiger partial charge in [0.1, 0.15) is 0 Å². The Morgan fingerprint density at radius 3 is 2.82 bits per heavy atom. The summed E-state index contributed by atoms with van der Waals surface area (Å²) < 4.78 is 1.04. The Labute approximate surface area is 138 Å². The van der Waals surface area contributed by atoms with E-state index in [-0.39, 0.29) is 11.8 Å². The number of hydrogen-bond acceptors (Lipinski definition) is 3. The van der Waals surface area contributed by atoms with Crippen molar-refractivity contribution in [3.05, 3.63) is 34.3 Å². The summed E-state index contributed by atoms with van der Waals surface area (Å²) >= 11 is 3.44. The number of nitrogens with one attached hydrogen (secondary N) is 3. The molecule has 1 aliphatic rings. The van der Waals surface area contributed by atoms with Crippen molar-refractivity contribution in [2.75, 3.05) is 18.4 Å². The molecule has 1 aromatic carbocycles. The smallest absolute Gasteiger partial charge is 0.230 e. The predicted octanol–water partition coefficient (Wildman–Crippen LogP) is 2.95. The Kier molecular flexibility index (Phi) is 4.59. The summed E-state index contributed by atoms with van der Waals surface area (Å²) in [5, 5.41) is 13.6. The second-order valence-electron chi connectivity index (χ2n) is 5.47. The number of hydrogen-bond donors (Lipinski definition) is 3. The third-order valence-electron chi connectivity index (χ3n) is 4.03. The molecule has 6 heteroatoms. The van der Waals surface area contributed by atoms with Crippen LogP contribution < -0.4 is 10.6 Å². The van der Waals surface area contributed by atoms with Crippen molar-refractivity contribution in [2.24, 2.45) is 5.92 Å². The Morgan fingerprint density at radius 2 is 2.18 bits per heavy atom. The van der Waals surface area contributed by atoms with Crippen LogP contribution in [-0.4, -0.2) is 29.2 Å². The fraction of sp³-hybridized carbons (Fsp3) is 0.375. The molecule has 2 heterocycles. The van der Waals surface area contributed by atoms with Gasteiger partial charge in [0, 0.05) is 16.6 Å². The van der Waals surface area contributed by atoms with Crippen LogP contribution in [0.25, 0.3) is 11.3 Å². The van der Waals surface area contributed by atoms with Crippen molar-refractivity contribution in [3.63, 3.8) is 0 Å². The summed E-state index contributed by atoms with van der Waals surface area (Å²) in [5.74, 6) is 0.739. The van der Waals surface area contributed by atoms with Crippen LogP contribution in [0.5, 0.6) is 0 Å². The molecule has 1 atom stereocenters. The first-order valence-corrected chi connectivity index (χ1v) is 8.33. The van der Waals surface area contributed by atoms with Crippen molar-refractivity contribution < 1.29 is 4.79 Å². The largest absolute Gasteiger partial charge is 0.316 e. The number of amides is 1. The lowest BCUT2D eigenvalue weighted by atomic mass is 10.1. The van der Waals surface area contributed by atoms with E-state index in [9.17, 15) is 4.79 Å². The minimum Gasteiger partial charge on any atom is -0.316 e. The number of H-pyrrole nitrogens is 1. The Bertz CT molecular complexity index is 659. The number of carbonyl (C=O) groups is 1. The third kappa shape index (κ3) is 3.08. The molecule has 0 spiro atoms. The lowest BCUT2D eigenvalue weighted by Gasteiger charge is -2.09. The van der Waals surface area contributed by atoms with E-state index in [1.54, 1.807) is 0 Å². The van der Waals surface area contributed by atoms with Gasteiger partial charge in [-0.2, -0.15) is 5.10 Å². The van der Waals surface area contributed by atoms with Gasteiger partial charge in [-0.25, -0.2) is 0 Å². The molecule has 1 aliphatic heterocycles. The van der Waals surface area contributed by atoms with E-state index in [1.807, 2.05) is 24.3 Å². The molecule has 116 valence electrons. The Balaban J connectivity index is 1.83. The predicted molar refractivity (Wildman–Crippen MR) is 90.7 cm³/mol. The normalized spacial score (nSPS) is 17.6. The third-order valence-corrected chi connectivity index (χ3v) is 4.55. The molecule has 0 radical (unpaired) electrons. The van der Waals surface area contributed by atoms with Gasteiger partial charge in [0.2, 0.25) is 5.91 Å². The van der Waals surface area contributed by atoms with Crippen LogP contribution in [0.3, 0.4) is 0 Å². The molecule has 1 unspecified atom stereocenters. The van der Waals surface area contributed by atoms with Crippen LogP contribution in [0.2, 0.25) is 0 Å². The first-order chi connectivity index (χ1) is 10.7. The topological polar surface area (TPSA) is 69.8 Å². The molecule has 0 bridgehead atoms. The molecule has 5 nitrogen and oxygen atoms in total. The molecule has 1 aromatic heterocycles. The van der Waals surface area contributed by atoms with E-state index in [0.29, 0.717) is 5.82 Å². The molecule has 3 N–H and O–H groups in total. The maximum Gasteiger partial charge on any atom is 0.230 e. The standard InChI is InChI=1S/C16H19BrN4O/c1-2-13-14(10-3-5-12(17)6-4-10)20-21-15(13)19-16(22)11-7-8-18-9-11/h3-6,11,18H,2,7-9H2,1H3,(H2,19,20,21,22). The fourth-order valence-electron chi connectivity index (χ4n) is 2.77. The van der Waals surface area contributed by atoms with Crippen LogP contribution in [0.1, 0.15) is 18.9 Å². The Hall–Kier alpha value is -1.66. The molecule has 2 aromatic rings. The summed E-state index contributed by atoms with van der Waals surface area (Å²) in [4.78, 5) is 12.3. The summed E-state index contributed by atoms with van der Waals surface area (Å²) in [5.41, 5.74) is 3.08. The fourth-order valence-corrected chi connectivity index (χ4v) is 3.03. The van der Waals surface area contributed by atoms with Gasteiger partial charge in [-0.05, 0) is 37.1 Å². The van der Waals surface area contributed by atoms with E-state index in [4.69, 9.17) is 0 Å². The van der Waals surface area contributed by atoms with Crippen molar-refractivity contribution in [2.45, 2.75) is 19.8 Å². The van der Waals surface area contributed by atoms with Crippen LogP contribution >= 0.6 is 15.9 Å². The highest BCUT2D eigenvalue weighted by atomic mass is 79.9. The number of halogens is 1. The van der Waals surface area contributed by atoms with Crippen LogP contribution in [0.4, 0.5) is 5.82 Å². The summed E-state index contributed by atoms with van der Waals surface area (Å²) in [7, 11) is 0. The number of rotatable bonds is 4. The number of aromatic nitrogens is 2. The quantitative estimate of drug-likeness (QED) is 0.782. The van der Waals surface area contributed by atoms with Crippen LogP contribution in [0, 0.1) is 5.92 Å². The van der Waals surface area contributed by atoms with E-state index < -0.39 is 0 Å². The zero-order valence-corrected chi connectivity index (χ0v) is 14.0. The lowest BCUT2D eigenvalue weighted by molar-refractivity contribution is -0.119. The van der Waals surface area contributed by atoms with Gasteiger partial charge in [0.05, 0.1) is 11.6 Å². The first-order valence-electron chi connectivity index (χ1n) is 7.53. The van der Waals surface area contributed by atoms with Gasteiger partial charge < -0.3 is 10.6 Å². The maximum absolute atomic E-state index is 12.3. The molecule has 1 amide bonds. The second kappa shape index (κ2) is 6.62. The molecule has 0 saturated carbocycles. The first kappa shape index (κ1) is 15.2. The van der Waals surface area contributed by atoms with Gasteiger partial charge in [0.25, 0.3) is 0 Å². The van der Waals surface area contributed by atoms with Gasteiger partial charge in [-0.15, -0.1) is 0 Å². The van der Waals surface area contributed by atoms with Crippen molar-refractivity contribution in [3.8, 4) is 11.3 Å². The minimum absolute atomic E-state index is 0.0394. The molecule has 1 fully saturated rings. The zero-order valence-electron chi connectivity index (χ0n) is 12.4. The SMILES string of the molecule is CCc1c(NC(=O)C2CCNC2)n[nH]c1-c1ccc(Br)cc1. The van der Waals surface area contributed by atoms with Gasteiger partial charge in [0.15, 0.2) is 5.82 Å². The summed E-state index contributed by atoms with van der Waals surface area (Å²) in [6.07, 6.45) is 1.69. The molecule has 1 saturated heterocycles. The second-order valence-corrected chi connectivity index (χ2v) is 6.38. The number of benzene rings is 1. The van der Waals surface area contributed by atoms with Gasteiger partial charge >= 0.3 is 0 Å². The van der Waals surface area contributed by atoms with E-state index in [0.717, 1.165) is 47.2 Å². The molecule has 22 heavy (non-hydrogen) atoms. The van der Waals surface area contributed by atoms with Crippen LogP contribution in [-0.2, 0) is 11.2 Å². The van der Waals surface area contributed by atoms with Crippen molar-refractivity contribution in [1.82, 2.24) is 15.5 Å². The summed E-state index contributed by atoms with van der Waals surface area (Å²) in [6.45, 7) is 3.72. The average molecular weight is 363 g/mol. The number of anilines is 1. The monoisotopic (exact) mass is 362 g/mol. The van der Waals surface area contributed by atoms with Crippen molar-refractivity contribution >= 4 is 27.7 Å². The van der Waals surface area contributed by atoms with E-state index in [1.165, 1.54) is 0 Å². The van der Waals surface area contributed by atoms with Gasteiger partial charge in [-0.1, -0.05) is 35.0 Å². The Morgan fingerprint density at radius 1 is 1.41 bits per heavy atom. The molecular weight excluding hydrogens is 344 g/mol. The highest BCUT2D eigenvalue weighted by molar-refractivity contribution is 9.10. The minimum atomic E-state index is 0.0394. The zero-order chi connectivity index (χ0) is 15.5. The number of carbonyl (C=O) groups excluding carboxylic acids is 1. The average Bonchev–Trinajstić information content (AvgIpc) is 3.17. The van der Waals surface area contributed by atoms with Gasteiger partial charge in [-0.3, -0.25) is 9.89 Å². The highest BCUT2D eigenvalue weighted by Crippen LogP contribution is 2.28. The number of nitrogens with zero attached hydrogens (tertiary/aromatic N) is 1. The summed E-state index contributed by atoms with van der Waals surface area (Å²) in [6, 6.07) is 8.06. The molecule has 3 rings (SSSR count). The lowest BCUT2D eigenvalue weighted by Crippen LogP contribution is -2.25. The molecule has 0 aliphatic carbocycles. The maximum atomic E-state index is 12.3. The van der Waals surface area contributed by atoms with E-state index in [2.05, 4.69) is 43.7 Å². The molecular formula is C16H19BrN4O. The highest BCUT2D eigenvalue weighted by Gasteiger charge is 2.24. The van der Waals surface area contributed by atoms with Crippen molar-refractivity contribution in [1.29, 1.82) is 0 Å².